The summed E-state index contributed by atoms with van der Waals surface area (Å²) in [4.78, 5) is 0. The van der Waals surface area contributed by atoms with Crippen molar-refractivity contribution in [3.63, 3.8) is 0 Å². The molecule has 2 nitrogen and oxygen atoms in total. The van der Waals surface area contributed by atoms with Crippen LogP contribution in [0.3, 0.4) is 0 Å². The Morgan fingerprint density at radius 2 is 2.05 bits per heavy atom. The molecule has 0 aromatic heterocycles. The molecule has 0 bridgehead atoms. The first kappa shape index (κ1) is 13.8. The Morgan fingerprint density at radius 3 is 2.74 bits per heavy atom. The second-order valence-corrected chi connectivity index (χ2v) is 4.76. The number of nitrogens with two attached hydrogens (primary N) is 1. The van der Waals surface area contributed by atoms with Crippen molar-refractivity contribution in [3.8, 4) is 5.75 Å². The van der Waals surface area contributed by atoms with E-state index in [1.54, 1.807) is 25.3 Å². The molecule has 0 aliphatic heterocycles. The minimum Gasteiger partial charge on any atom is -0.496 e. The van der Waals surface area contributed by atoms with Gasteiger partial charge in [0.05, 0.1) is 7.11 Å². The molecule has 2 aromatic rings. The highest BCUT2D eigenvalue weighted by atomic mass is 35.5. The summed E-state index contributed by atoms with van der Waals surface area (Å²) in [5.74, 6) is 0.393. The lowest BCUT2D eigenvalue weighted by atomic mass is 9.99. The molecule has 2 rings (SSSR count). The van der Waals surface area contributed by atoms with Crippen LogP contribution in [-0.4, -0.2) is 7.11 Å². The van der Waals surface area contributed by atoms with Gasteiger partial charge in [-0.2, -0.15) is 0 Å². The maximum Gasteiger partial charge on any atom is 0.125 e. The fraction of sp³-hybridized carbons (Fsp3) is 0.200. The van der Waals surface area contributed by atoms with E-state index in [0.29, 0.717) is 17.2 Å². The predicted octanol–water partition coefficient (Wildman–Crippen LogP) is 3.73. The van der Waals surface area contributed by atoms with Crippen LogP contribution < -0.4 is 10.5 Å². The molecule has 19 heavy (non-hydrogen) atoms. The van der Waals surface area contributed by atoms with Crippen molar-refractivity contribution in [1.29, 1.82) is 0 Å². The van der Waals surface area contributed by atoms with Crippen molar-refractivity contribution < 1.29 is 9.13 Å². The van der Waals surface area contributed by atoms with Gasteiger partial charge in [0.2, 0.25) is 0 Å². The van der Waals surface area contributed by atoms with Gasteiger partial charge in [0, 0.05) is 16.6 Å². The third-order valence-corrected chi connectivity index (χ3v) is 3.17. The van der Waals surface area contributed by atoms with Gasteiger partial charge in [-0.25, -0.2) is 4.39 Å². The predicted molar refractivity (Wildman–Crippen MR) is 75.0 cm³/mol. The van der Waals surface area contributed by atoms with E-state index >= 15 is 0 Å². The first-order valence-corrected chi connectivity index (χ1v) is 6.31. The number of halogens is 2. The topological polar surface area (TPSA) is 35.2 Å². The van der Waals surface area contributed by atoms with Gasteiger partial charge in [-0.15, -0.1) is 0 Å². The highest BCUT2D eigenvalue weighted by Gasteiger charge is 2.13. The third-order valence-electron chi connectivity index (χ3n) is 2.94. The van der Waals surface area contributed by atoms with Gasteiger partial charge in [0.15, 0.2) is 0 Å². The summed E-state index contributed by atoms with van der Waals surface area (Å²) in [6.07, 6.45) is 0.537. The summed E-state index contributed by atoms with van der Waals surface area (Å²) in [5, 5.41) is 0.596. The molecule has 0 aliphatic rings. The summed E-state index contributed by atoms with van der Waals surface area (Å²) in [5.41, 5.74) is 7.87. The first-order chi connectivity index (χ1) is 9.10. The third kappa shape index (κ3) is 3.46. The molecular weight excluding hydrogens is 265 g/mol. The Kier molecular flexibility index (Phi) is 4.40. The molecule has 2 aromatic carbocycles. The minimum atomic E-state index is -0.269. The van der Waals surface area contributed by atoms with E-state index < -0.39 is 0 Å². The molecule has 1 atom stereocenters. The molecule has 0 aliphatic carbocycles. The van der Waals surface area contributed by atoms with Crippen molar-refractivity contribution in [3.05, 3.63) is 64.4 Å². The van der Waals surface area contributed by atoms with Crippen LogP contribution in [0, 0.1) is 5.82 Å². The van der Waals surface area contributed by atoms with Gasteiger partial charge in [-0.05, 0) is 36.2 Å². The highest BCUT2D eigenvalue weighted by Crippen LogP contribution is 2.29. The molecule has 0 fully saturated rings. The van der Waals surface area contributed by atoms with Crippen LogP contribution in [0.15, 0.2) is 42.5 Å². The Morgan fingerprint density at radius 1 is 1.26 bits per heavy atom. The molecule has 0 saturated heterocycles. The maximum atomic E-state index is 13.1. The molecule has 1 unspecified atom stereocenters. The molecule has 0 saturated carbocycles. The van der Waals surface area contributed by atoms with Gasteiger partial charge in [0.25, 0.3) is 0 Å². The molecule has 0 radical (unpaired) electrons. The Hall–Kier alpha value is -1.58. The molecule has 4 heteroatoms. The molecule has 100 valence electrons. The van der Waals surface area contributed by atoms with Crippen molar-refractivity contribution >= 4 is 11.6 Å². The van der Waals surface area contributed by atoms with E-state index in [0.717, 1.165) is 11.1 Å². The zero-order valence-electron chi connectivity index (χ0n) is 10.6. The lowest BCUT2D eigenvalue weighted by molar-refractivity contribution is 0.405. The Bertz CT molecular complexity index is 574. The molecule has 0 heterocycles. The summed E-state index contributed by atoms with van der Waals surface area (Å²) in [7, 11) is 1.57. The van der Waals surface area contributed by atoms with E-state index in [2.05, 4.69) is 0 Å². The normalized spacial score (nSPS) is 12.2. The zero-order valence-corrected chi connectivity index (χ0v) is 11.3. The number of methoxy groups -OCH3 is 1. The van der Waals surface area contributed by atoms with Crippen LogP contribution >= 0.6 is 11.6 Å². The van der Waals surface area contributed by atoms with Crippen molar-refractivity contribution in [2.75, 3.05) is 7.11 Å². The molecule has 0 spiro atoms. The smallest absolute Gasteiger partial charge is 0.125 e. The lowest BCUT2D eigenvalue weighted by Gasteiger charge is -2.16. The molecule has 2 N–H and O–H groups in total. The van der Waals surface area contributed by atoms with Crippen LogP contribution in [0.4, 0.5) is 4.39 Å². The summed E-state index contributed by atoms with van der Waals surface area (Å²) in [6, 6.07) is 11.5. The number of hydrogen-bond acceptors (Lipinski definition) is 2. The lowest BCUT2D eigenvalue weighted by Crippen LogP contribution is -2.14. The standard InChI is InChI=1S/C15H15ClFNO/c1-19-15-9-11(16)5-6-13(15)14(18)8-10-3-2-4-12(17)7-10/h2-7,9,14H,8,18H2,1H3. The second-order valence-electron chi connectivity index (χ2n) is 4.33. The Balaban J connectivity index is 2.22. The number of benzene rings is 2. The van der Waals surface area contributed by atoms with Crippen molar-refractivity contribution in [2.24, 2.45) is 5.73 Å². The van der Waals surface area contributed by atoms with E-state index in [4.69, 9.17) is 22.1 Å². The molecule has 0 amide bonds. The number of ether oxygens (including phenoxy) is 1. The van der Waals surface area contributed by atoms with Crippen molar-refractivity contribution in [2.45, 2.75) is 12.5 Å². The van der Waals surface area contributed by atoms with E-state index in [1.807, 2.05) is 12.1 Å². The SMILES string of the molecule is COc1cc(Cl)ccc1C(N)Cc1cccc(F)c1. The van der Waals surface area contributed by atoms with Gasteiger partial charge in [-0.1, -0.05) is 29.8 Å². The Labute approximate surface area is 117 Å². The summed E-state index contributed by atoms with van der Waals surface area (Å²) >= 11 is 5.91. The molecular formula is C15H15ClFNO. The van der Waals surface area contributed by atoms with E-state index in [1.165, 1.54) is 12.1 Å². The fourth-order valence-electron chi connectivity index (χ4n) is 2.02. The van der Waals surface area contributed by atoms with Crippen molar-refractivity contribution in [1.82, 2.24) is 0 Å². The second kappa shape index (κ2) is 6.04. The monoisotopic (exact) mass is 279 g/mol. The summed E-state index contributed by atoms with van der Waals surface area (Å²) in [6.45, 7) is 0. The van der Waals surface area contributed by atoms with Gasteiger partial charge in [0.1, 0.15) is 11.6 Å². The number of rotatable bonds is 4. The van der Waals surface area contributed by atoms with E-state index in [9.17, 15) is 4.39 Å². The summed E-state index contributed by atoms with van der Waals surface area (Å²) < 4.78 is 18.4. The van der Waals surface area contributed by atoms with Gasteiger partial charge in [-0.3, -0.25) is 0 Å². The van der Waals surface area contributed by atoms with Crippen LogP contribution in [0.1, 0.15) is 17.2 Å². The van der Waals surface area contributed by atoms with Crippen LogP contribution in [-0.2, 0) is 6.42 Å². The average Bonchev–Trinajstić information content (AvgIpc) is 2.38. The van der Waals surface area contributed by atoms with Crippen LogP contribution in [0.5, 0.6) is 5.75 Å². The highest BCUT2D eigenvalue weighted by molar-refractivity contribution is 6.30. The number of hydrogen-bond donors (Lipinski definition) is 1. The maximum absolute atomic E-state index is 13.1. The quantitative estimate of drug-likeness (QED) is 0.925. The zero-order chi connectivity index (χ0) is 13.8. The fourth-order valence-corrected chi connectivity index (χ4v) is 2.18. The van der Waals surface area contributed by atoms with Gasteiger partial charge < -0.3 is 10.5 Å². The van der Waals surface area contributed by atoms with Gasteiger partial charge >= 0.3 is 0 Å². The average molecular weight is 280 g/mol. The van der Waals surface area contributed by atoms with Crippen LogP contribution in [0.2, 0.25) is 5.02 Å². The minimum absolute atomic E-state index is 0.257. The first-order valence-electron chi connectivity index (χ1n) is 5.93. The van der Waals surface area contributed by atoms with E-state index in [-0.39, 0.29) is 11.9 Å². The van der Waals surface area contributed by atoms with Crippen LogP contribution in [0.25, 0.3) is 0 Å². The largest absolute Gasteiger partial charge is 0.496 e.